The summed E-state index contributed by atoms with van der Waals surface area (Å²) in [6.07, 6.45) is 4.64. The molecule has 3 N–H and O–H groups in total. The highest BCUT2D eigenvalue weighted by Gasteiger charge is 2.43. The lowest BCUT2D eigenvalue weighted by Gasteiger charge is -2.41. The topological polar surface area (TPSA) is 126 Å². The van der Waals surface area contributed by atoms with Crippen molar-refractivity contribution < 1.29 is 24.3 Å². The van der Waals surface area contributed by atoms with Gasteiger partial charge in [-0.15, -0.1) is 0 Å². The van der Waals surface area contributed by atoms with Crippen LogP contribution in [0.5, 0.6) is 0 Å². The Hall–Kier alpha value is -3.02. The molecule has 6 aliphatic heterocycles. The van der Waals surface area contributed by atoms with Gasteiger partial charge in [-0.3, -0.25) is 24.1 Å². The number of nitrogens with zero attached hydrogens (tertiary/aromatic N) is 4. The summed E-state index contributed by atoms with van der Waals surface area (Å²) in [6.45, 7) is 7.05. The van der Waals surface area contributed by atoms with Crippen molar-refractivity contribution in [2.24, 2.45) is 11.8 Å². The van der Waals surface area contributed by atoms with Crippen molar-refractivity contribution in [2.45, 2.75) is 102 Å². The van der Waals surface area contributed by atoms with Crippen LogP contribution in [0.4, 0.5) is 0 Å². The van der Waals surface area contributed by atoms with Crippen LogP contribution in [0.15, 0.2) is 30.3 Å². The maximum absolute atomic E-state index is 13.7. The number of carbonyl (C=O) groups is 4. The summed E-state index contributed by atoms with van der Waals surface area (Å²) < 4.78 is 0. The molecule has 0 radical (unpaired) electrons. The highest BCUT2D eigenvalue weighted by molar-refractivity contribution is 5.83. The Bertz CT molecular complexity index is 1230. The number of aliphatic hydroxyl groups excluding tert-OH is 1. The molecule has 0 saturated carbocycles. The van der Waals surface area contributed by atoms with E-state index in [1.54, 1.807) is 11.8 Å². The predicted molar refractivity (Wildman–Crippen MR) is 173 cm³/mol. The lowest BCUT2D eigenvalue weighted by atomic mass is 9.80. The quantitative estimate of drug-likeness (QED) is 0.446. The van der Waals surface area contributed by atoms with E-state index in [4.69, 9.17) is 0 Å². The van der Waals surface area contributed by atoms with E-state index < -0.39 is 12.1 Å². The third-order valence-electron chi connectivity index (χ3n) is 11.3. The lowest BCUT2D eigenvalue weighted by Crippen LogP contribution is -2.54. The third-order valence-corrected chi connectivity index (χ3v) is 11.3. The van der Waals surface area contributed by atoms with Crippen molar-refractivity contribution >= 4 is 23.6 Å². The second-order valence-corrected chi connectivity index (χ2v) is 14.3. The number of hydrogen-bond acceptors (Lipinski definition) is 7. The number of nitrogens with one attached hydrogen (secondary N) is 2. The summed E-state index contributed by atoms with van der Waals surface area (Å²) in [6, 6.07) is 9.62. The third kappa shape index (κ3) is 7.74. The number of likely N-dealkylation sites (tertiary alicyclic amines) is 1. The van der Waals surface area contributed by atoms with E-state index in [1.165, 1.54) is 5.56 Å². The van der Waals surface area contributed by atoms with Crippen molar-refractivity contribution in [1.82, 2.24) is 30.2 Å². The Labute approximate surface area is 273 Å². The van der Waals surface area contributed by atoms with Crippen LogP contribution in [0.1, 0.15) is 70.3 Å². The molecular formula is C35H52N6O5. The summed E-state index contributed by atoms with van der Waals surface area (Å²) >= 11 is 0. The molecule has 6 aliphatic rings. The van der Waals surface area contributed by atoms with E-state index in [0.29, 0.717) is 51.9 Å². The fourth-order valence-corrected chi connectivity index (χ4v) is 8.36. The molecule has 252 valence electrons. The zero-order valence-corrected chi connectivity index (χ0v) is 27.3. The summed E-state index contributed by atoms with van der Waals surface area (Å²) in [4.78, 5) is 62.0. The standard InChI is InChI=1S/C35H52N6O5/c1-24-31(42)20-34(45)40-14-9-26(17-32(43)38-12-5-6-13-38)27(22-40)18-33(44)39-15-10-29(11-16-39)41-23-28(19-30(41)35(46)37-24)36-21-25-7-3-2-4-8-25/h2-4,7-8,24,26-31,36,42H,5-6,9-23H2,1H3,(H,37,46)/t24-,26-,27-,28-,30-,31-/m0/s1. The van der Waals surface area contributed by atoms with Gasteiger partial charge < -0.3 is 30.4 Å². The van der Waals surface area contributed by atoms with E-state index in [-0.39, 0.29) is 60.0 Å². The smallest absolute Gasteiger partial charge is 0.237 e. The molecule has 0 spiro atoms. The number of hydrogen-bond donors (Lipinski definition) is 3. The van der Waals surface area contributed by atoms with Crippen LogP contribution in [0.3, 0.4) is 0 Å². The molecule has 6 heterocycles. The summed E-state index contributed by atoms with van der Waals surface area (Å²) in [5.74, 6) is -0.0838. The van der Waals surface area contributed by atoms with Gasteiger partial charge in [0.1, 0.15) is 0 Å². The largest absolute Gasteiger partial charge is 0.390 e. The van der Waals surface area contributed by atoms with Gasteiger partial charge in [0.05, 0.1) is 24.6 Å². The minimum atomic E-state index is -1.02. The van der Waals surface area contributed by atoms with Crippen LogP contribution in [-0.4, -0.2) is 124 Å². The zero-order chi connectivity index (χ0) is 32.2. The Morgan fingerprint density at radius 2 is 1.61 bits per heavy atom. The first kappa shape index (κ1) is 32.9. The minimum Gasteiger partial charge on any atom is -0.390 e. The minimum absolute atomic E-state index is 0.0505. The second-order valence-electron chi connectivity index (χ2n) is 14.3. The molecule has 0 aromatic heterocycles. The second kappa shape index (κ2) is 14.8. The molecule has 6 saturated heterocycles. The van der Waals surface area contributed by atoms with Gasteiger partial charge in [-0.2, -0.15) is 0 Å². The number of rotatable bonds is 5. The van der Waals surface area contributed by atoms with Gasteiger partial charge in [-0.05, 0) is 62.8 Å². The Morgan fingerprint density at radius 3 is 2.35 bits per heavy atom. The van der Waals surface area contributed by atoms with Gasteiger partial charge in [0.25, 0.3) is 0 Å². The van der Waals surface area contributed by atoms with Crippen LogP contribution in [0.25, 0.3) is 0 Å². The molecule has 0 unspecified atom stereocenters. The van der Waals surface area contributed by atoms with E-state index >= 15 is 0 Å². The summed E-state index contributed by atoms with van der Waals surface area (Å²) in [5, 5.41) is 17.8. The van der Waals surface area contributed by atoms with Crippen molar-refractivity contribution in [2.75, 3.05) is 45.8 Å². The number of aliphatic hydroxyl groups is 1. The number of fused-ring (bicyclic) bond motifs is 8. The number of benzene rings is 1. The first-order chi connectivity index (χ1) is 22.2. The van der Waals surface area contributed by atoms with E-state index in [9.17, 15) is 24.3 Å². The summed E-state index contributed by atoms with van der Waals surface area (Å²) in [5.41, 5.74) is 1.19. The fourth-order valence-electron chi connectivity index (χ4n) is 8.36. The molecule has 6 atom stereocenters. The molecule has 4 amide bonds. The van der Waals surface area contributed by atoms with Gasteiger partial charge in [-0.1, -0.05) is 30.3 Å². The zero-order valence-electron chi connectivity index (χ0n) is 27.3. The van der Waals surface area contributed by atoms with Crippen LogP contribution < -0.4 is 10.6 Å². The van der Waals surface area contributed by atoms with E-state index in [2.05, 4.69) is 27.7 Å². The molecule has 6 fully saturated rings. The maximum Gasteiger partial charge on any atom is 0.237 e. The molecule has 1 aromatic rings. The summed E-state index contributed by atoms with van der Waals surface area (Å²) in [7, 11) is 0. The molecule has 1 aromatic carbocycles. The molecule has 7 rings (SSSR count). The van der Waals surface area contributed by atoms with Gasteiger partial charge in [0.15, 0.2) is 0 Å². The molecule has 11 heteroatoms. The predicted octanol–water partition coefficient (Wildman–Crippen LogP) is 1.35. The monoisotopic (exact) mass is 636 g/mol. The highest BCUT2D eigenvalue weighted by atomic mass is 16.3. The van der Waals surface area contributed by atoms with Gasteiger partial charge in [0, 0.05) is 77.3 Å². The van der Waals surface area contributed by atoms with Crippen LogP contribution in [-0.2, 0) is 25.7 Å². The van der Waals surface area contributed by atoms with Crippen molar-refractivity contribution in [1.29, 1.82) is 0 Å². The Morgan fingerprint density at radius 1 is 0.913 bits per heavy atom. The average Bonchev–Trinajstić information content (AvgIpc) is 3.76. The SMILES string of the molecule is C[C@@H]1NC(=O)[C@@H]2C[C@H](NCc3ccccc3)CN2C2CCN(CC2)C(=O)C[C@H]2CN(CC[C@H]2CC(=O)N2CCCC2)C(=O)C[C@@H]1O. The van der Waals surface area contributed by atoms with E-state index in [1.807, 2.05) is 28.0 Å². The maximum atomic E-state index is 13.7. The van der Waals surface area contributed by atoms with E-state index in [0.717, 1.165) is 51.9 Å². The number of piperidine rings is 2. The lowest BCUT2D eigenvalue weighted by molar-refractivity contribution is -0.141. The van der Waals surface area contributed by atoms with Crippen LogP contribution >= 0.6 is 0 Å². The number of amides is 4. The highest BCUT2D eigenvalue weighted by Crippen LogP contribution is 2.33. The first-order valence-electron chi connectivity index (χ1n) is 17.6. The molecule has 4 bridgehead atoms. The Kier molecular flexibility index (Phi) is 10.6. The van der Waals surface area contributed by atoms with Crippen LogP contribution in [0, 0.1) is 11.8 Å². The fraction of sp³-hybridized carbons (Fsp3) is 0.714. The van der Waals surface area contributed by atoms with Crippen molar-refractivity contribution in [3.8, 4) is 0 Å². The number of carbonyl (C=O) groups excluding carboxylic acids is 4. The van der Waals surface area contributed by atoms with Gasteiger partial charge >= 0.3 is 0 Å². The normalized spacial score (nSPS) is 33.2. The molecule has 11 nitrogen and oxygen atoms in total. The van der Waals surface area contributed by atoms with Gasteiger partial charge in [-0.25, -0.2) is 0 Å². The first-order valence-corrected chi connectivity index (χ1v) is 17.6. The Balaban J connectivity index is 1.17. The van der Waals surface area contributed by atoms with Crippen LogP contribution in [0.2, 0.25) is 0 Å². The van der Waals surface area contributed by atoms with Gasteiger partial charge in [0.2, 0.25) is 23.6 Å². The van der Waals surface area contributed by atoms with Crippen molar-refractivity contribution in [3.05, 3.63) is 35.9 Å². The molecule has 46 heavy (non-hydrogen) atoms. The average molecular weight is 637 g/mol. The molecule has 0 aliphatic carbocycles. The molecular weight excluding hydrogens is 584 g/mol. The van der Waals surface area contributed by atoms with Crippen molar-refractivity contribution in [3.63, 3.8) is 0 Å².